The molecular weight excluding hydrogens is 348 g/mol. The zero-order chi connectivity index (χ0) is 18.9. The van der Waals surface area contributed by atoms with Crippen LogP contribution < -0.4 is 15.0 Å². The average molecular weight is 372 g/mol. The van der Waals surface area contributed by atoms with Gasteiger partial charge >= 0.3 is 0 Å². The summed E-state index contributed by atoms with van der Waals surface area (Å²) in [6.07, 6.45) is 0. The maximum absolute atomic E-state index is 13.0. The summed E-state index contributed by atoms with van der Waals surface area (Å²) >= 11 is 1.48. The van der Waals surface area contributed by atoms with Crippen LogP contribution in [0.1, 0.15) is 38.1 Å². The van der Waals surface area contributed by atoms with Crippen molar-refractivity contribution in [1.29, 1.82) is 0 Å². The number of rotatable bonds is 4. The lowest BCUT2D eigenvalue weighted by Gasteiger charge is -2.29. The standard InChI is InChI=1S/C20H24N2O3S/c1-13(2)10-22-16-6-5-15(21-18(23)14-7-8-26-11-14)9-17(16)25-12-20(3,4)19(22)24/h5-9,11,13H,10,12H2,1-4H3,(H,21,23). The van der Waals surface area contributed by atoms with Crippen molar-refractivity contribution in [3.05, 3.63) is 40.6 Å². The van der Waals surface area contributed by atoms with Gasteiger partial charge in [-0.05, 0) is 43.3 Å². The fourth-order valence-corrected chi connectivity index (χ4v) is 3.50. The van der Waals surface area contributed by atoms with E-state index in [1.807, 2.05) is 31.4 Å². The van der Waals surface area contributed by atoms with Crippen molar-refractivity contribution in [2.24, 2.45) is 11.3 Å². The number of benzene rings is 1. The largest absolute Gasteiger partial charge is 0.490 e. The van der Waals surface area contributed by atoms with Gasteiger partial charge in [-0.15, -0.1) is 0 Å². The molecule has 0 aliphatic carbocycles. The van der Waals surface area contributed by atoms with E-state index in [9.17, 15) is 9.59 Å². The molecule has 2 aromatic rings. The van der Waals surface area contributed by atoms with Crippen molar-refractivity contribution in [3.63, 3.8) is 0 Å². The SMILES string of the molecule is CC(C)CN1C(=O)C(C)(C)COc2cc(NC(=O)c3ccsc3)ccc21. The number of carbonyl (C=O) groups is 2. The molecule has 5 nitrogen and oxygen atoms in total. The van der Waals surface area contributed by atoms with Crippen molar-refractivity contribution in [1.82, 2.24) is 0 Å². The second-order valence-corrected chi connectivity index (χ2v) is 8.41. The van der Waals surface area contributed by atoms with Gasteiger partial charge in [0.1, 0.15) is 12.4 Å². The summed E-state index contributed by atoms with van der Waals surface area (Å²) < 4.78 is 5.95. The van der Waals surface area contributed by atoms with Gasteiger partial charge < -0.3 is 15.0 Å². The fraction of sp³-hybridized carbons (Fsp3) is 0.400. The number of amides is 2. The number of nitrogens with one attached hydrogen (secondary N) is 1. The summed E-state index contributed by atoms with van der Waals surface area (Å²) in [7, 11) is 0. The van der Waals surface area contributed by atoms with Crippen LogP contribution in [-0.4, -0.2) is 25.0 Å². The van der Waals surface area contributed by atoms with Gasteiger partial charge in [-0.2, -0.15) is 11.3 Å². The Morgan fingerprint density at radius 2 is 2.12 bits per heavy atom. The van der Waals surface area contributed by atoms with Crippen molar-refractivity contribution in [2.45, 2.75) is 27.7 Å². The lowest BCUT2D eigenvalue weighted by molar-refractivity contribution is -0.127. The highest BCUT2D eigenvalue weighted by atomic mass is 32.1. The summed E-state index contributed by atoms with van der Waals surface area (Å²) in [5.74, 6) is 0.849. The minimum Gasteiger partial charge on any atom is -0.490 e. The van der Waals surface area contributed by atoms with Crippen molar-refractivity contribution >= 4 is 34.5 Å². The first-order chi connectivity index (χ1) is 12.3. The highest BCUT2D eigenvalue weighted by molar-refractivity contribution is 7.08. The Hall–Kier alpha value is -2.34. The fourth-order valence-electron chi connectivity index (χ4n) is 2.87. The van der Waals surface area contributed by atoms with E-state index in [1.165, 1.54) is 11.3 Å². The normalized spacial score (nSPS) is 16.0. The number of nitrogens with zero attached hydrogens (tertiary/aromatic N) is 1. The maximum atomic E-state index is 13.0. The highest BCUT2D eigenvalue weighted by Gasteiger charge is 2.38. The Labute approximate surface area is 158 Å². The minimum atomic E-state index is -0.603. The van der Waals surface area contributed by atoms with E-state index in [0.717, 1.165) is 5.69 Å². The molecule has 1 aromatic heterocycles. The van der Waals surface area contributed by atoms with E-state index in [4.69, 9.17) is 4.74 Å². The molecule has 1 aliphatic heterocycles. The molecule has 138 valence electrons. The molecule has 0 radical (unpaired) electrons. The molecule has 3 rings (SSSR count). The molecule has 0 saturated carbocycles. The maximum Gasteiger partial charge on any atom is 0.256 e. The van der Waals surface area contributed by atoms with Crippen molar-refractivity contribution in [2.75, 3.05) is 23.4 Å². The molecule has 2 amide bonds. The molecule has 0 unspecified atom stereocenters. The van der Waals surface area contributed by atoms with Gasteiger partial charge in [-0.3, -0.25) is 9.59 Å². The number of carbonyl (C=O) groups excluding carboxylic acids is 2. The average Bonchev–Trinajstić information content (AvgIpc) is 3.09. The Bertz CT molecular complexity index is 812. The van der Waals surface area contributed by atoms with Gasteiger partial charge in [0, 0.05) is 23.7 Å². The van der Waals surface area contributed by atoms with E-state index >= 15 is 0 Å². The van der Waals surface area contributed by atoms with Crippen LogP contribution in [0.3, 0.4) is 0 Å². The number of hydrogen-bond donors (Lipinski definition) is 1. The van der Waals surface area contributed by atoms with E-state index in [1.54, 1.807) is 22.4 Å². The second-order valence-electron chi connectivity index (χ2n) is 7.63. The van der Waals surface area contributed by atoms with Crippen LogP contribution in [0.15, 0.2) is 35.0 Å². The van der Waals surface area contributed by atoms with Crippen LogP contribution in [0.5, 0.6) is 5.75 Å². The van der Waals surface area contributed by atoms with Gasteiger partial charge in [0.2, 0.25) is 5.91 Å². The molecule has 26 heavy (non-hydrogen) atoms. The lowest BCUT2D eigenvalue weighted by Crippen LogP contribution is -2.43. The topological polar surface area (TPSA) is 58.6 Å². The van der Waals surface area contributed by atoms with E-state index < -0.39 is 5.41 Å². The first kappa shape index (κ1) is 18.5. The number of hydrogen-bond acceptors (Lipinski definition) is 4. The van der Waals surface area contributed by atoms with E-state index in [0.29, 0.717) is 36.1 Å². The summed E-state index contributed by atoms with van der Waals surface area (Å²) in [6, 6.07) is 7.23. The lowest BCUT2D eigenvalue weighted by atomic mass is 9.92. The molecular formula is C20H24N2O3S. The number of ether oxygens (including phenoxy) is 1. The van der Waals surface area contributed by atoms with Gasteiger partial charge in [-0.1, -0.05) is 13.8 Å². The number of thiophene rings is 1. The number of fused-ring (bicyclic) bond motifs is 1. The van der Waals surface area contributed by atoms with Crippen molar-refractivity contribution < 1.29 is 14.3 Å². The third kappa shape index (κ3) is 3.75. The molecule has 1 N–H and O–H groups in total. The van der Waals surface area contributed by atoms with Crippen LogP contribution >= 0.6 is 11.3 Å². The molecule has 0 spiro atoms. The Kier molecular flexibility index (Phi) is 5.05. The zero-order valence-corrected chi connectivity index (χ0v) is 16.4. The number of anilines is 2. The Balaban J connectivity index is 1.91. The van der Waals surface area contributed by atoms with E-state index in [2.05, 4.69) is 19.2 Å². The Morgan fingerprint density at radius 3 is 2.77 bits per heavy atom. The third-order valence-electron chi connectivity index (χ3n) is 4.25. The molecule has 1 aliphatic rings. The summed E-state index contributed by atoms with van der Waals surface area (Å²) in [5, 5.41) is 6.56. The minimum absolute atomic E-state index is 0.0556. The van der Waals surface area contributed by atoms with Crippen LogP contribution in [-0.2, 0) is 4.79 Å². The molecule has 0 saturated heterocycles. The summed E-state index contributed by atoms with van der Waals surface area (Å²) in [4.78, 5) is 27.0. The molecule has 6 heteroatoms. The third-order valence-corrected chi connectivity index (χ3v) is 4.94. The van der Waals surface area contributed by atoms with E-state index in [-0.39, 0.29) is 11.8 Å². The van der Waals surface area contributed by atoms with Crippen molar-refractivity contribution in [3.8, 4) is 5.75 Å². The van der Waals surface area contributed by atoms with Gasteiger partial charge in [0.05, 0.1) is 16.7 Å². The predicted molar refractivity (Wildman–Crippen MR) is 105 cm³/mol. The first-order valence-corrected chi connectivity index (χ1v) is 9.64. The highest BCUT2D eigenvalue weighted by Crippen LogP contribution is 2.38. The van der Waals surface area contributed by atoms with Gasteiger partial charge in [-0.25, -0.2) is 0 Å². The molecule has 0 atom stereocenters. The van der Waals surface area contributed by atoms with Crippen LogP contribution in [0.2, 0.25) is 0 Å². The molecule has 2 heterocycles. The predicted octanol–water partition coefficient (Wildman–Crippen LogP) is 4.41. The summed E-state index contributed by atoms with van der Waals surface area (Å²) in [5.41, 5.74) is 1.43. The molecule has 0 fully saturated rings. The smallest absolute Gasteiger partial charge is 0.256 e. The quantitative estimate of drug-likeness (QED) is 0.865. The first-order valence-electron chi connectivity index (χ1n) is 8.70. The zero-order valence-electron chi connectivity index (χ0n) is 15.5. The van der Waals surface area contributed by atoms with Gasteiger partial charge in [0.15, 0.2) is 0 Å². The van der Waals surface area contributed by atoms with Gasteiger partial charge in [0.25, 0.3) is 5.91 Å². The van der Waals surface area contributed by atoms with Crippen LogP contribution in [0.4, 0.5) is 11.4 Å². The van der Waals surface area contributed by atoms with Crippen LogP contribution in [0, 0.1) is 11.3 Å². The monoisotopic (exact) mass is 372 g/mol. The molecule has 0 bridgehead atoms. The Morgan fingerprint density at radius 1 is 1.35 bits per heavy atom. The second kappa shape index (κ2) is 7.11. The summed E-state index contributed by atoms with van der Waals surface area (Å²) in [6.45, 7) is 8.89. The van der Waals surface area contributed by atoms with Crippen LogP contribution in [0.25, 0.3) is 0 Å². The molecule has 1 aromatic carbocycles.